The van der Waals surface area contributed by atoms with Crippen molar-refractivity contribution in [2.75, 3.05) is 6.54 Å². The van der Waals surface area contributed by atoms with Crippen LogP contribution in [0.2, 0.25) is 0 Å². The lowest BCUT2D eigenvalue weighted by Gasteiger charge is -2.15. The van der Waals surface area contributed by atoms with Crippen molar-refractivity contribution in [3.8, 4) is 0 Å². The van der Waals surface area contributed by atoms with Crippen LogP contribution in [-0.4, -0.2) is 30.9 Å². The molecule has 0 aliphatic heterocycles. The first-order chi connectivity index (χ1) is 10.3. The van der Waals surface area contributed by atoms with Crippen LogP contribution in [0.1, 0.15) is 37.4 Å². The molecule has 0 fully saturated rings. The molecule has 1 atom stereocenters. The Kier molecular flexibility index (Phi) is 3.96. The fourth-order valence-corrected chi connectivity index (χ4v) is 2.57. The standard InChI is InChI=1S/C15H20N6/c1-3-6-20-11-12(8-18-20)15(17-4-2)13-9-19-21-7-5-16-10-14(13)21/h5,7-11,15,17H,3-4,6H2,1-2H3. The minimum atomic E-state index is 0.0855. The van der Waals surface area contributed by atoms with Gasteiger partial charge in [-0.3, -0.25) is 9.67 Å². The topological polar surface area (TPSA) is 60.0 Å². The third-order valence-corrected chi connectivity index (χ3v) is 3.51. The molecule has 0 aliphatic carbocycles. The second kappa shape index (κ2) is 6.05. The SMILES string of the molecule is CCCn1cc(C(NCC)c2cnn3ccncc23)cn1. The highest BCUT2D eigenvalue weighted by atomic mass is 15.3. The molecule has 0 saturated heterocycles. The Labute approximate surface area is 123 Å². The van der Waals surface area contributed by atoms with Gasteiger partial charge in [0.2, 0.25) is 0 Å². The molecule has 0 spiro atoms. The summed E-state index contributed by atoms with van der Waals surface area (Å²) in [5.41, 5.74) is 3.30. The van der Waals surface area contributed by atoms with E-state index in [9.17, 15) is 0 Å². The van der Waals surface area contributed by atoms with Crippen LogP contribution in [0, 0.1) is 0 Å². The maximum absolute atomic E-state index is 4.43. The van der Waals surface area contributed by atoms with E-state index in [2.05, 4.69) is 40.5 Å². The quantitative estimate of drug-likeness (QED) is 0.752. The molecule has 3 rings (SSSR count). The van der Waals surface area contributed by atoms with Crippen molar-refractivity contribution in [3.63, 3.8) is 0 Å². The van der Waals surface area contributed by atoms with E-state index < -0.39 is 0 Å². The maximum atomic E-state index is 4.43. The van der Waals surface area contributed by atoms with Crippen LogP contribution in [-0.2, 0) is 6.54 Å². The Hall–Kier alpha value is -2.21. The minimum Gasteiger partial charge on any atom is -0.306 e. The van der Waals surface area contributed by atoms with Crippen LogP contribution < -0.4 is 5.32 Å². The van der Waals surface area contributed by atoms with Crippen LogP contribution in [0.3, 0.4) is 0 Å². The fourth-order valence-electron chi connectivity index (χ4n) is 2.57. The second-order valence-electron chi connectivity index (χ2n) is 5.03. The van der Waals surface area contributed by atoms with Crippen LogP contribution in [0.15, 0.2) is 37.2 Å². The third kappa shape index (κ3) is 2.67. The largest absolute Gasteiger partial charge is 0.306 e. The van der Waals surface area contributed by atoms with E-state index in [1.54, 1.807) is 6.20 Å². The summed E-state index contributed by atoms with van der Waals surface area (Å²) < 4.78 is 3.84. The number of nitrogens with zero attached hydrogens (tertiary/aromatic N) is 5. The Balaban J connectivity index is 2.00. The predicted molar refractivity (Wildman–Crippen MR) is 81.0 cm³/mol. The van der Waals surface area contributed by atoms with Crippen molar-refractivity contribution >= 4 is 5.52 Å². The molecule has 6 nitrogen and oxygen atoms in total. The molecule has 3 heterocycles. The second-order valence-corrected chi connectivity index (χ2v) is 5.03. The Morgan fingerprint density at radius 3 is 2.90 bits per heavy atom. The number of rotatable bonds is 6. The smallest absolute Gasteiger partial charge is 0.0896 e. The van der Waals surface area contributed by atoms with Crippen LogP contribution in [0.25, 0.3) is 5.52 Å². The van der Waals surface area contributed by atoms with E-state index in [1.165, 1.54) is 0 Å². The zero-order valence-corrected chi connectivity index (χ0v) is 12.4. The summed E-state index contributed by atoms with van der Waals surface area (Å²) in [6, 6.07) is 0.0855. The molecule has 110 valence electrons. The first-order valence-corrected chi connectivity index (χ1v) is 7.36. The molecular formula is C15H20N6. The lowest BCUT2D eigenvalue weighted by atomic mass is 10.0. The van der Waals surface area contributed by atoms with Crippen molar-refractivity contribution in [1.29, 1.82) is 0 Å². The Bertz CT molecular complexity index is 714. The van der Waals surface area contributed by atoms with Crippen molar-refractivity contribution < 1.29 is 0 Å². The highest BCUT2D eigenvalue weighted by Gasteiger charge is 2.19. The number of hydrogen-bond acceptors (Lipinski definition) is 4. The summed E-state index contributed by atoms with van der Waals surface area (Å²) in [6.45, 7) is 6.07. The number of hydrogen-bond donors (Lipinski definition) is 1. The molecule has 3 aromatic heterocycles. The number of fused-ring (bicyclic) bond motifs is 1. The summed E-state index contributed by atoms with van der Waals surface area (Å²) in [5.74, 6) is 0. The summed E-state index contributed by atoms with van der Waals surface area (Å²) in [5, 5.41) is 12.3. The van der Waals surface area contributed by atoms with E-state index in [0.717, 1.165) is 36.2 Å². The number of aromatic nitrogens is 5. The molecular weight excluding hydrogens is 264 g/mol. The van der Waals surface area contributed by atoms with E-state index in [4.69, 9.17) is 0 Å². The van der Waals surface area contributed by atoms with Gasteiger partial charge in [-0.05, 0) is 13.0 Å². The lowest BCUT2D eigenvalue weighted by Crippen LogP contribution is -2.21. The lowest BCUT2D eigenvalue weighted by molar-refractivity contribution is 0.597. The number of aryl methyl sites for hydroxylation is 1. The summed E-state index contributed by atoms with van der Waals surface area (Å²) >= 11 is 0. The average Bonchev–Trinajstić information content (AvgIpc) is 3.12. The minimum absolute atomic E-state index is 0.0855. The zero-order chi connectivity index (χ0) is 14.7. The van der Waals surface area contributed by atoms with Crippen molar-refractivity contribution in [1.82, 2.24) is 29.7 Å². The van der Waals surface area contributed by atoms with Crippen molar-refractivity contribution in [3.05, 3.63) is 48.3 Å². The summed E-state index contributed by atoms with van der Waals surface area (Å²) in [6.07, 6.45) is 12.5. The highest BCUT2D eigenvalue weighted by molar-refractivity contribution is 5.55. The van der Waals surface area contributed by atoms with Gasteiger partial charge in [0.05, 0.1) is 30.1 Å². The molecule has 0 aromatic carbocycles. The van der Waals surface area contributed by atoms with Gasteiger partial charge in [-0.1, -0.05) is 13.8 Å². The molecule has 0 radical (unpaired) electrons. The fraction of sp³-hybridized carbons (Fsp3) is 0.400. The molecule has 1 unspecified atom stereocenters. The summed E-state index contributed by atoms with van der Waals surface area (Å²) in [4.78, 5) is 4.21. The van der Waals surface area contributed by atoms with E-state index >= 15 is 0 Å². The van der Waals surface area contributed by atoms with Gasteiger partial charge in [0.1, 0.15) is 0 Å². The third-order valence-electron chi connectivity index (χ3n) is 3.51. The van der Waals surface area contributed by atoms with E-state index in [0.29, 0.717) is 0 Å². The summed E-state index contributed by atoms with van der Waals surface area (Å²) in [7, 11) is 0. The van der Waals surface area contributed by atoms with Gasteiger partial charge in [-0.2, -0.15) is 10.2 Å². The highest BCUT2D eigenvalue weighted by Crippen LogP contribution is 2.25. The molecule has 0 bridgehead atoms. The number of nitrogens with one attached hydrogen (secondary N) is 1. The zero-order valence-electron chi connectivity index (χ0n) is 12.4. The van der Waals surface area contributed by atoms with Gasteiger partial charge in [-0.25, -0.2) is 4.52 Å². The van der Waals surface area contributed by atoms with Gasteiger partial charge in [0.25, 0.3) is 0 Å². The molecule has 3 aromatic rings. The van der Waals surface area contributed by atoms with Crippen molar-refractivity contribution in [2.45, 2.75) is 32.9 Å². The normalized spacial score (nSPS) is 12.9. The first kappa shape index (κ1) is 13.8. The van der Waals surface area contributed by atoms with Crippen LogP contribution in [0.5, 0.6) is 0 Å². The molecule has 0 aliphatic rings. The van der Waals surface area contributed by atoms with Gasteiger partial charge in [-0.15, -0.1) is 0 Å². The molecule has 0 saturated carbocycles. The van der Waals surface area contributed by atoms with Gasteiger partial charge < -0.3 is 5.32 Å². The Morgan fingerprint density at radius 1 is 1.19 bits per heavy atom. The predicted octanol–water partition coefficient (Wildman–Crippen LogP) is 2.03. The molecule has 1 N–H and O–H groups in total. The average molecular weight is 284 g/mol. The van der Waals surface area contributed by atoms with E-state index in [1.807, 2.05) is 34.0 Å². The first-order valence-electron chi connectivity index (χ1n) is 7.36. The molecule has 6 heteroatoms. The van der Waals surface area contributed by atoms with Gasteiger partial charge in [0, 0.05) is 36.3 Å². The maximum Gasteiger partial charge on any atom is 0.0896 e. The molecule has 21 heavy (non-hydrogen) atoms. The van der Waals surface area contributed by atoms with Gasteiger partial charge in [0.15, 0.2) is 0 Å². The molecule has 0 amide bonds. The van der Waals surface area contributed by atoms with Gasteiger partial charge >= 0.3 is 0 Å². The van der Waals surface area contributed by atoms with Crippen LogP contribution in [0.4, 0.5) is 0 Å². The Morgan fingerprint density at radius 2 is 2.10 bits per heavy atom. The van der Waals surface area contributed by atoms with Crippen molar-refractivity contribution in [2.24, 2.45) is 0 Å². The van der Waals surface area contributed by atoms with E-state index in [-0.39, 0.29) is 6.04 Å². The monoisotopic (exact) mass is 284 g/mol. The van der Waals surface area contributed by atoms with Crippen LogP contribution >= 0.6 is 0 Å².